The van der Waals surface area contributed by atoms with Crippen LogP contribution in [0.25, 0.3) is 0 Å². The molecule has 0 heterocycles. The van der Waals surface area contributed by atoms with Crippen LogP contribution in [0.15, 0.2) is 18.2 Å². The summed E-state index contributed by atoms with van der Waals surface area (Å²) in [7, 11) is 3.10. The van der Waals surface area contributed by atoms with Crippen molar-refractivity contribution in [3.63, 3.8) is 0 Å². The second-order valence-corrected chi connectivity index (χ2v) is 4.49. The number of nitrogens with one attached hydrogen (secondary N) is 2. The maximum Gasteiger partial charge on any atom is 0.239 e. The van der Waals surface area contributed by atoms with Gasteiger partial charge in [0, 0.05) is 6.54 Å². The molecule has 0 aliphatic carbocycles. The smallest absolute Gasteiger partial charge is 0.239 e. The lowest BCUT2D eigenvalue weighted by atomic mass is 10.1. The maximum absolute atomic E-state index is 11.8. The number of benzene rings is 1. The first-order valence-electron chi connectivity index (χ1n) is 6.85. The molecule has 21 heavy (non-hydrogen) atoms. The minimum atomic E-state index is -0.214. The molecule has 0 saturated carbocycles. The van der Waals surface area contributed by atoms with Crippen molar-refractivity contribution in [2.45, 2.75) is 19.8 Å². The molecule has 0 unspecified atom stereocenters. The topological polar surface area (TPSA) is 76.7 Å². The van der Waals surface area contributed by atoms with E-state index < -0.39 is 0 Å². The van der Waals surface area contributed by atoms with Crippen LogP contribution in [0, 0.1) is 0 Å². The molecule has 0 saturated heterocycles. The Bertz CT molecular complexity index is 489. The van der Waals surface area contributed by atoms with Gasteiger partial charge in [-0.2, -0.15) is 0 Å². The van der Waals surface area contributed by atoms with E-state index in [0.29, 0.717) is 18.0 Å². The van der Waals surface area contributed by atoms with Crippen LogP contribution in [0.3, 0.4) is 0 Å². The largest absolute Gasteiger partial charge is 0.493 e. The van der Waals surface area contributed by atoms with Crippen molar-refractivity contribution in [2.24, 2.45) is 0 Å². The van der Waals surface area contributed by atoms with Crippen molar-refractivity contribution in [1.82, 2.24) is 10.6 Å². The first-order valence-corrected chi connectivity index (χ1v) is 6.85. The monoisotopic (exact) mass is 294 g/mol. The highest BCUT2D eigenvalue weighted by Gasteiger charge is 2.09. The van der Waals surface area contributed by atoms with Crippen molar-refractivity contribution in [3.05, 3.63) is 23.8 Å². The number of hydrogen-bond donors (Lipinski definition) is 2. The van der Waals surface area contributed by atoms with Crippen molar-refractivity contribution < 1.29 is 19.1 Å². The van der Waals surface area contributed by atoms with Crippen LogP contribution in [0.5, 0.6) is 11.5 Å². The molecule has 0 aromatic heterocycles. The maximum atomic E-state index is 11.8. The van der Waals surface area contributed by atoms with Gasteiger partial charge < -0.3 is 20.1 Å². The van der Waals surface area contributed by atoms with Crippen molar-refractivity contribution >= 4 is 11.8 Å². The van der Waals surface area contributed by atoms with Gasteiger partial charge in [0.25, 0.3) is 0 Å². The van der Waals surface area contributed by atoms with E-state index in [9.17, 15) is 9.59 Å². The molecular weight excluding hydrogens is 272 g/mol. The van der Waals surface area contributed by atoms with Gasteiger partial charge in [-0.3, -0.25) is 9.59 Å². The Morgan fingerprint density at radius 2 is 1.76 bits per heavy atom. The average molecular weight is 294 g/mol. The molecule has 0 aliphatic rings. The second kappa shape index (κ2) is 8.84. The van der Waals surface area contributed by atoms with Gasteiger partial charge in [-0.25, -0.2) is 0 Å². The van der Waals surface area contributed by atoms with Gasteiger partial charge in [-0.05, 0) is 24.1 Å². The normalized spacial score (nSPS) is 9.86. The molecule has 0 aliphatic heterocycles. The van der Waals surface area contributed by atoms with E-state index in [0.717, 1.165) is 12.0 Å². The number of carbonyl (C=O) groups is 2. The predicted octanol–water partition coefficient (Wildman–Crippen LogP) is 0.889. The van der Waals surface area contributed by atoms with Gasteiger partial charge >= 0.3 is 0 Å². The molecule has 1 rings (SSSR count). The fraction of sp³-hybridized carbons (Fsp3) is 0.467. The van der Waals surface area contributed by atoms with Crippen LogP contribution in [0.2, 0.25) is 0 Å². The average Bonchev–Trinajstić information content (AvgIpc) is 2.50. The van der Waals surface area contributed by atoms with Crippen LogP contribution in [-0.4, -0.2) is 39.1 Å². The molecule has 116 valence electrons. The number of carbonyl (C=O) groups excluding carboxylic acids is 2. The highest BCUT2D eigenvalue weighted by molar-refractivity contribution is 5.85. The molecule has 1 aromatic rings. The number of ether oxygens (including phenoxy) is 2. The number of methoxy groups -OCH3 is 2. The third kappa shape index (κ3) is 5.72. The quantitative estimate of drug-likeness (QED) is 0.746. The molecule has 2 N–H and O–H groups in total. The van der Waals surface area contributed by atoms with Crippen LogP contribution in [0.4, 0.5) is 0 Å². The van der Waals surface area contributed by atoms with E-state index >= 15 is 0 Å². The predicted molar refractivity (Wildman–Crippen MR) is 79.6 cm³/mol. The van der Waals surface area contributed by atoms with Gasteiger partial charge in [-0.1, -0.05) is 13.0 Å². The van der Waals surface area contributed by atoms with Crippen LogP contribution in [0.1, 0.15) is 18.9 Å². The van der Waals surface area contributed by atoms with E-state index in [1.54, 1.807) is 32.4 Å². The summed E-state index contributed by atoms with van der Waals surface area (Å²) in [4.78, 5) is 23.2. The van der Waals surface area contributed by atoms with Gasteiger partial charge in [0.2, 0.25) is 11.8 Å². The number of rotatable bonds is 8. The molecule has 6 heteroatoms. The Morgan fingerprint density at radius 1 is 1.05 bits per heavy atom. The molecule has 1 aromatic carbocycles. The third-order valence-electron chi connectivity index (χ3n) is 2.83. The van der Waals surface area contributed by atoms with Gasteiger partial charge in [0.1, 0.15) is 0 Å². The summed E-state index contributed by atoms with van der Waals surface area (Å²) in [5.74, 6) is 0.787. The third-order valence-corrected chi connectivity index (χ3v) is 2.83. The Labute approximate surface area is 124 Å². The van der Waals surface area contributed by atoms with Gasteiger partial charge in [0.05, 0.1) is 27.2 Å². The number of hydrogen-bond acceptors (Lipinski definition) is 4. The Kier molecular flexibility index (Phi) is 7.08. The summed E-state index contributed by atoms with van der Waals surface area (Å²) in [6.07, 6.45) is 1.05. The molecule has 0 radical (unpaired) electrons. The van der Waals surface area contributed by atoms with Crippen molar-refractivity contribution in [3.8, 4) is 11.5 Å². The zero-order valence-corrected chi connectivity index (χ0v) is 12.7. The lowest BCUT2D eigenvalue weighted by Crippen LogP contribution is -2.37. The standard InChI is InChI=1S/C15H22N2O4/c1-4-7-16-15(19)10-17-14(18)9-11-5-6-12(20-2)13(8-11)21-3/h5-6,8H,4,7,9-10H2,1-3H3,(H,16,19)(H,17,18). The fourth-order valence-corrected chi connectivity index (χ4v) is 1.74. The van der Waals surface area contributed by atoms with Crippen molar-refractivity contribution in [2.75, 3.05) is 27.3 Å². The number of amides is 2. The molecular formula is C15H22N2O4. The Balaban J connectivity index is 2.49. The first-order chi connectivity index (χ1) is 10.1. The summed E-state index contributed by atoms with van der Waals surface area (Å²) in [5.41, 5.74) is 0.791. The van der Waals surface area contributed by atoms with E-state index in [1.165, 1.54) is 0 Å². The second-order valence-electron chi connectivity index (χ2n) is 4.49. The zero-order chi connectivity index (χ0) is 15.7. The van der Waals surface area contributed by atoms with Crippen LogP contribution in [-0.2, 0) is 16.0 Å². The summed E-state index contributed by atoms with van der Waals surface area (Å²) in [6, 6.07) is 5.28. The lowest BCUT2D eigenvalue weighted by Gasteiger charge is -2.10. The summed E-state index contributed by atoms with van der Waals surface area (Å²) >= 11 is 0. The van der Waals surface area contributed by atoms with E-state index in [-0.39, 0.29) is 24.8 Å². The summed E-state index contributed by atoms with van der Waals surface area (Å²) in [5, 5.41) is 5.28. The molecule has 0 spiro atoms. The molecule has 0 bridgehead atoms. The van der Waals surface area contributed by atoms with Crippen LogP contribution >= 0.6 is 0 Å². The summed E-state index contributed by atoms with van der Waals surface area (Å²) < 4.78 is 10.3. The fourth-order valence-electron chi connectivity index (χ4n) is 1.74. The van der Waals surface area contributed by atoms with Gasteiger partial charge in [0.15, 0.2) is 11.5 Å². The van der Waals surface area contributed by atoms with Crippen LogP contribution < -0.4 is 20.1 Å². The van der Waals surface area contributed by atoms with Crippen molar-refractivity contribution in [1.29, 1.82) is 0 Å². The minimum absolute atomic E-state index is 0.00781. The Hall–Kier alpha value is -2.24. The first kappa shape index (κ1) is 16.8. The zero-order valence-electron chi connectivity index (χ0n) is 12.7. The van der Waals surface area contributed by atoms with E-state index in [2.05, 4.69) is 10.6 Å². The molecule has 6 nitrogen and oxygen atoms in total. The van der Waals surface area contributed by atoms with E-state index in [4.69, 9.17) is 9.47 Å². The minimum Gasteiger partial charge on any atom is -0.493 e. The molecule has 2 amide bonds. The molecule has 0 atom stereocenters. The highest BCUT2D eigenvalue weighted by Crippen LogP contribution is 2.27. The van der Waals surface area contributed by atoms with Gasteiger partial charge in [-0.15, -0.1) is 0 Å². The molecule has 0 fully saturated rings. The Morgan fingerprint density at radius 3 is 2.38 bits per heavy atom. The SMILES string of the molecule is CCCNC(=O)CNC(=O)Cc1ccc(OC)c(OC)c1. The highest BCUT2D eigenvalue weighted by atomic mass is 16.5. The lowest BCUT2D eigenvalue weighted by molar-refractivity contribution is -0.125. The van der Waals surface area contributed by atoms with E-state index in [1.807, 2.05) is 6.92 Å². The summed E-state index contributed by atoms with van der Waals surface area (Å²) in [6.45, 7) is 2.58.